The highest BCUT2D eigenvalue weighted by Crippen LogP contribution is 1.97. The zero-order valence-electron chi connectivity index (χ0n) is 5.63. The molecule has 0 heterocycles. The van der Waals surface area contributed by atoms with E-state index in [4.69, 9.17) is 5.11 Å². The van der Waals surface area contributed by atoms with Crippen LogP contribution in [0.1, 0.15) is 13.3 Å². The van der Waals surface area contributed by atoms with Crippen molar-refractivity contribution in [3.63, 3.8) is 0 Å². The Bertz CT molecular complexity index is 142. The van der Waals surface area contributed by atoms with Crippen molar-refractivity contribution in [1.29, 1.82) is 0 Å². The summed E-state index contributed by atoms with van der Waals surface area (Å²) in [7, 11) is 0. The van der Waals surface area contributed by atoms with E-state index in [0.717, 1.165) is 0 Å². The van der Waals surface area contributed by atoms with Crippen LogP contribution >= 0.6 is 0 Å². The van der Waals surface area contributed by atoms with Gasteiger partial charge < -0.3 is 5.11 Å². The monoisotopic (exact) mass is 148 g/mol. The minimum atomic E-state index is -1.01. The summed E-state index contributed by atoms with van der Waals surface area (Å²) in [5.41, 5.74) is 0.163. The van der Waals surface area contributed by atoms with Crippen molar-refractivity contribution < 1.29 is 19.4 Å². The quantitative estimate of drug-likeness (QED) is 0.600. The maximum Gasteiger partial charge on any atom is 0.374 e. The summed E-state index contributed by atoms with van der Waals surface area (Å²) < 4.78 is 11.1. The fourth-order valence-corrected chi connectivity index (χ4v) is 0.425. The fourth-order valence-electron chi connectivity index (χ4n) is 0.425. The first kappa shape index (κ1) is 9.10. The molecule has 0 amide bonds. The van der Waals surface area contributed by atoms with E-state index in [0.29, 0.717) is 6.42 Å². The first-order chi connectivity index (χ1) is 4.72. The van der Waals surface area contributed by atoms with Gasteiger partial charge >= 0.3 is 5.97 Å². The third-order valence-electron chi connectivity index (χ3n) is 0.972. The van der Waals surface area contributed by atoms with Gasteiger partial charge in [-0.05, 0) is 13.3 Å². The molecule has 0 saturated heterocycles. The van der Waals surface area contributed by atoms with Crippen molar-refractivity contribution >= 4 is 5.97 Å². The van der Waals surface area contributed by atoms with Crippen LogP contribution in [0, 0.1) is 0 Å². The molecule has 0 radical (unpaired) electrons. The molecule has 0 aromatic carbocycles. The lowest BCUT2D eigenvalue weighted by atomic mass is 10.2. The molecule has 0 aliphatic rings. The number of halogens is 1. The van der Waals surface area contributed by atoms with Crippen molar-refractivity contribution in [2.45, 2.75) is 13.3 Å². The Morgan fingerprint density at radius 2 is 2.40 bits per heavy atom. The Kier molecular flexibility index (Phi) is 4.49. The van der Waals surface area contributed by atoms with Gasteiger partial charge in [0, 0.05) is 16.7 Å². The highest BCUT2D eigenvalue weighted by atomic mass is 19.3. The number of carbonyl (C=O) groups excluding carboxylic acids is 1. The standard InChI is InChI=1S/C6H9FO3/c1-5(3-2-4-8)6(9)10-7/h3,8H,2,4H2,1H3. The molecule has 4 heteroatoms. The van der Waals surface area contributed by atoms with Crippen LogP contribution in [0.2, 0.25) is 0 Å². The molecule has 3 nitrogen and oxygen atoms in total. The van der Waals surface area contributed by atoms with Crippen LogP contribution in [-0.2, 0) is 9.74 Å². The highest BCUT2D eigenvalue weighted by molar-refractivity contribution is 5.87. The SMILES string of the molecule is CC(=CCCO)C(=O)OF. The third-order valence-corrected chi connectivity index (χ3v) is 0.972. The Labute approximate surface area is 58.0 Å². The highest BCUT2D eigenvalue weighted by Gasteiger charge is 2.03. The van der Waals surface area contributed by atoms with E-state index >= 15 is 0 Å². The Morgan fingerprint density at radius 3 is 2.80 bits per heavy atom. The van der Waals surface area contributed by atoms with Crippen LogP contribution in [-0.4, -0.2) is 17.7 Å². The lowest BCUT2D eigenvalue weighted by Gasteiger charge is -1.91. The molecule has 0 aliphatic heterocycles. The summed E-state index contributed by atoms with van der Waals surface area (Å²) in [5.74, 6) is -1.01. The van der Waals surface area contributed by atoms with Crippen molar-refractivity contribution in [3.05, 3.63) is 11.6 Å². The Morgan fingerprint density at radius 1 is 1.80 bits per heavy atom. The molecule has 0 aromatic rings. The zero-order chi connectivity index (χ0) is 7.98. The molecule has 0 spiro atoms. The van der Waals surface area contributed by atoms with E-state index in [-0.39, 0.29) is 12.2 Å². The average Bonchev–Trinajstić information content (AvgIpc) is 1.98. The normalized spacial score (nSPS) is 11.3. The maximum absolute atomic E-state index is 11.1. The van der Waals surface area contributed by atoms with Gasteiger partial charge in [0.05, 0.1) is 0 Å². The van der Waals surface area contributed by atoms with Crippen molar-refractivity contribution in [2.75, 3.05) is 6.61 Å². The predicted octanol–water partition coefficient (Wildman–Crippen LogP) is 0.743. The van der Waals surface area contributed by atoms with Crippen LogP contribution in [0.15, 0.2) is 11.6 Å². The van der Waals surface area contributed by atoms with Crippen LogP contribution in [0.4, 0.5) is 4.53 Å². The molecule has 1 N–H and O–H groups in total. The van der Waals surface area contributed by atoms with Crippen molar-refractivity contribution in [1.82, 2.24) is 0 Å². The number of aliphatic hydroxyl groups excluding tert-OH is 1. The van der Waals surface area contributed by atoms with E-state index in [2.05, 4.69) is 4.94 Å². The van der Waals surface area contributed by atoms with Gasteiger partial charge in [0.1, 0.15) is 0 Å². The molecular weight excluding hydrogens is 139 g/mol. The van der Waals surface area contributed by atoms with Gasteiger partial charge in [-0.15, -0.1) is 0 Å². The van der Waals surface area contributed by atoms with E-state index in [9.17, 15) is 9.32 Å². The van der Waals surface area contributed by atoms with Gasteiger partial charge in [-0.2, -0.15) is 0 Å². The molecule has 0 aromatic heterocycles. The summed E-state index contributed by atoms with van der Waals surface area (Å²) >= 11 is 0. The molecular formula is C6H9FO3. The molecule has 0 bridgehead atoms. The van der Waals surface area contributed by atoms with Gasteiger partial charge in [0.15, 0.2) is 0 Å². The number of hydrogen-bond donors (Lipinski definition) is 1. The average molecular weight is 148 g/mol. The van der Waals surface area contributed by atoms with E-state index in [1.807, 2.05) is 0 Å². The second kappa shape index (κ2) is 4.93. The molecule has 10 heavy (non-hydrogen) atoms. The van der Waals surface area contributed by atoms with Crippen molar-refractivity contribution in [3.8, 4) is 0 Å². The second-order valence-corrected chi connectivity index (χ2v) is 1.76. The summed E-state index contributed by atoms with van der Waals surface area (Å²) in [4.78, 5) is 13.2. The van der Waals surface area contributed by atoms with E-state index in [1.165, 1.54) is 13.0 Å². The molecule has 58 valence electrons. The number of aliphatic hydroxyl groups is 1. The van der Waals surface area contributed by atoms with Crippen LogP contribution in [0.5, 0.6) is 0 Å². The summed E-state index contributed by atoms with van der Waals surface area (Å²) in [6, 6.07) is 0. The van der Waals surface area contributed by atoms with Crippen LogP contribution in [0.25, 0.3) is 0 Å². The molecule has 0 saturated carbocycles. The Hall–Kier alpha value is -0.900. The van der Waals surface area contributed by atoms with E-state index < -0.39 is 5.97 Å². The second-order valence-electron chi connectivity index (χ2n) is 1.76. The Balaban J connectivity index is 3.80. The summed E-state index contributed by atoms with van der Waals surface area (Å²) in [6.45, 7) is 1.36. The minimum Gasteiger partial charge on any atom is -0.396 e. The molecule has 0 aliphatic carbocycles. The minimum absolute atomic E-state index is 0.0586. The third kappa shape index (κ3) is 3.19. The lowest BCUT2D eigenvalue weighted by molar-refractivity contribution is -0.178. The first-order valence-corrected chi connectivity index (χ1v) is 2.83. The van der Waals surface area contributed by atoms with E-state index in [1.54, 1.807) is 0 Å². The lowest BCUT2D eigenvalue weighted by Crippen LogP contribution is -1.98. The molecule has 0 fully saturated rings. The van der Waals surface area contributed by atoms with Gasteiger partial charge in [-0.25, -0.2) is 9.74 Å². The summed E-state index contributed by atoms with van der Waals surface area (Å²) in [5, 5.41) is 8.28. The van der Waals surface area contributed by atoms with Crippen LogP contribution < -0.4 is 0 Å². The van der Waals surface area contributed by atoms with Gasteiger partial charge in [0.2, 0.25) is 0 Å². The smallest absolute Gasteiger partial charge is 0.374 e. The molecule has 0 rings (SSSR count). The van der Waals surface area contributed by atoms with Gasteiger partial charge in [-0.1, -0.05) is 6.08 Å². The summed E-state index contributed by atoms with van der Waals surface area (Å²) in [6.07, 6.45) is 1.74. The number of carbonyl (C=O) groups is 1. The predicted molar refractivity (Wildman–Crippen MR) is 32.7 cm³/mol. The van der Waals surface area contributed by atoms with Gasteiger partial charge in [-0.3, -0.25) is 0 Å². The first-order valence-electron chi connectivity index (χ1n) is 2.83. The maximum atomic E-state index is 11.1. The molecule has 0 unspecified atom stereocenters. The van der Waals surface area contributed by atoms with Crippen LogP contribution in [0.3, 0.4) is 0 Å². The van der Waals surface area contributed by atoms with Crippen molar-refractivity contribution in [2.24, 2.45) is 0 Å². The topological polar surface area (TPSA) is 46.5 Å². The zero-order valence-corrected chi connectivity index (χ0v) is 5.63. The fraction of sp³-hybridized carbons (Fsp3) is 0.500. The largest absolute Gasteiger partial charge is 0.396 e. The number of hydrogen-bond acceptors (Lipinski definition) is 3. The molecule has 0 atom stereocenters. The number of rotatable bonds is 3. The van der Waals surface area contributed by atoms with Gasteiger partial charge in [0.25, 0.3) is 0 Å².